The highest BCUT2D eigenvalue weighted by Gasteiger charge is 2.04. The van der Waals surface area contributed by atoms with Crippen LogP contribution < -0.4 is 0 Å². The lowest BCUT2D eigenvalue weighted by Crippen LogP contribution is -2.06. The first kappa shape index (κ1) is 18.2. The molecule has 0 spiro atoms. The van der Waals surface area contributed by atoms with Gasteiger partial charge in [-0.2, -0.15) is 0 Å². The summed E-state index contributed by atoms with van der Waals surface area (Å²) in [5, 5.41) is 24.9. The predicted octanol–water partition coefficient (Wildman–Crippen LogP) is 3.95. The molecule has 2 aromatic heterocycles. The van der Waals surface area contributed by atoms with E-state index in [0.29, 0.717) is 16.4 Å². The van der Waals surface area contributed by atoms with E-state index >= 15 is 0 Å². The zero-order chi connectivity index (χ0) is 18.1. The molecule has 0 saturated heterocycles. The number of pyridine rings is 1. The van der Waals surface area contributed by atoms with Crippen molar-refractivity contribution in [2.75, 3.05) is 0 Å². The van der Waals surface area contributed by atoms with Crippen molar-refractivity contribution < 1.29 is 0 Å². The molecule has 0 aliphatic heterocycles. The maximum absolute atomic E-state index is 7.95. The first-order chi connectivity index (χ1) is 12.1. The molecule has 0 aliphatic carbocycles. The second kappa shape index (κ2) is 9.19. The van der Waals surface area contributed by atoms with Crippen molar-refractivity contribution in [3.63, 3.8) is 0 Å². The van der Waals surface area contributed by atoms with Crippen LogP contribution in [-0.2, 0) is 0 Å². The van der Waals surface area contributed by atoms with Crippen molar-refractivity contribution in [1.82, 2.24) is 15.2 Å². The van der Waals surface area contributed by atoms with Crippen molar-refractivity contribution in [1.29, 1.82) is 10.8 Å². The first-order valence-electron chi connectivity index (χ1n) is 7.23. The number of aliphatic imine (C=N–C) groups is 1. The van der Waals surface area contributed by atoms with Crippen molar-refractivity contribution in [2.45, 2.75) is 5.03 Å². The zero-order valence-electron chi connectivity index (χ0n) is 13.4. The molecule has 0 saturated carbocycles. The highest BCUT2D eigenvalue weighted by atomic mass is 32.2. The lowest BCUT2D eigenvalue weighted by molar-refractivity contribution is 0.934. The molecule has 7 heteroatoms. The molecule has 2 heterocycles. The van der Waals surface area contributed by atoms with Gasteiger partial charge in [-0.05, 0) is 54.3 Å². The molecule has 6 nitrogen and oxygen atoms in total. The Bertz CT molecular complexity index is 838. The standard InChI is InChI=1S/C18H16N6S/c1-3-14(21-4-2)13(19)8-10-17(20)25-18-11-9-16(23-24-18)15-7-5-6-12-22-15/h3-12,19-20H,1-2H2/b10-8-,19-13?,20-17?,21-14?. The fraction of sp³-hybridized carbons (Fsp3) is 0. The van der Waals surface area contributed by atoms with E-state index in [9.17, 15) is 0 Å². The van der Waals surface area contributed by atoms with Crippen molar-refractivity contribution >= 4 is 28.2 Å². The second-order valence-electron chi connectivity index (χ2n) is 4.59. The van der Waals surface area contributed by atoms with E-state index in [1.165, 1.54) is 24.4 Å². The first-order valence-corrected chi connectivity index (χ1v) is 8.05. The minimum atomic E-state index is 0.150. The van der Waals surface area contributed by atoms with Gasteiger partial charge in [0, 0.05) is 12.4 Å². The Morgan fingerprint density at radius 2 is 1.88 bits per heavy atom. The van der Waals surface area contributed by atoms with E-state index < -0.39 is 0 Å². The summed E-state index contributed by atoms with van der Waals surface area (Å²) in [5.41, 5.74) is 1.96. The average molecular weight is 348 g/mol. The summed E-state index contributed by atoms with van der Waals surface area (Å²) in [6.45, 7) is 7.08. The molecule has 0 unspecified atom stereocenters. The quantitative estimate of drug-likeness (QED) is 0.449. The lowest BCUT2D eigenvalue weighted by Gasteiger charge is -2.01. The van der Waals surface area contributed by atoms with Crippen LogP contribution in [0.25, 0.3) is 11.4 Å². The molecule has 0 radical (unpaired) electrons. The number of hydrogen-bond donors (Lipinski definition) is 2. The molecule has 124 valence electrons. The molecule has 0 bridgehead atoms. The van der Waals surface area contributed by atoms with Gasteiger partial charge in [-0.1, -0.05) is 19.2 Å². The minimum absolute atomic E-state index is 0.150. The van der Waals surface area contributed by atoms with Crippen LogP contribution >= 0.6 is 11.8 Å². The molecule has 2 N–H and O–H groups in total. The molecule has 2 aromatic rings. The third kappa shape index (κ3) is 5.43. The Kier molecular flexibility index (Phi) is 6.67. The number of nitrogens with one attached hydrogen (secondary N) is 2. The second-order valence-corrected chi connectivity index (χ2v) is 5.65. The van der Waals surface area contributed by atoms with Crippen LogP contribution in [0.3, 0.4) is 0 Å². The monoisotopic (exact) mass is 348 g/mol. The van der Waals surface area contributed by atoms with Crippen molar-refractivity contribution in [3.8, 4) is 11.4 Å². The Morgan fingerprint density at radius 3 is 2.48 bits per heavy atom. The van der Waals surface area contributed by atoms with Gasteiger partial charge in [0.05, 0.1) is 22.2 Å². The largest absolute Gasteiger partial charge is 0.299 e. The van der Waals surface area contributed by atoms with Gasteiger partial charge >= 0.3 is 0 Å². The van der Waals surface area contributed by atoms with E-state index in [-0.39, 0.29) is 10.8 Å². The van der Waals surface area contributed by atoms with Gasteiger partial charge in [0.1, 0.15) is 10.7 Å². The number of allylic oxidation sites excluding steroid dienone is 2. The highest BCUT2D eigenvalue weighted by molar-refractivity contribution is 8.14. The number of nitrogens with zero attached hydrogens (tertiary/aromatic N) is 4. The van der Waals surface area contributed by atoms with Crippen LogP contribution in [0, 0.1) is 10.8 Å². The number of aromatic nitrogens is 3. The maximum atomic E-state index is 7.95. The van der Waals surface area contributed by atoms with Crippen LogP contribution in [0.2, 0.25) is 0 Å². The molecule has 25 heavy (non-hydrogen) atoms. The summed E-state index contributed by atoms with van der Waals surface area (Å²) in [5.74, 6) is 0. The molecule has 0 amide bonds. The van der Waals surface area contributed by atoms with Gasteiger partial charge in [-0.3, -0.25) is 20.8 Å². The van der Waals surface area contributed by atoms with Crippen LogP contribution in [-0.4, -0.2) is 31.6 Å². The third-order valence-electron chi connectivity index (χ3n) is 2.88. The van der Waals surface area contributed by atoms with Gasteiger partial charge in [-0.25, -0.2) is 0 Å². The Hall–Kier alpha value is -3.19. The fourth-order valence-corrected chi connectivity index (χ4v) is 2.33. The summed E-state index contributed by atoms with van der Waals surface area (Å²) in [6.07, 6.45) is 7.49. The number of hydrogen-bond acceptors (Lipinski definition) is 7. The van der Waals surface area contributed by atoms with E-state index in [0.717, 1.165) is 17.5 Å². The fourth-order valence-electron chi connectivity index (χ4n) is 1.75. The normalized spacial score (nSPS) is 11.3. The lowest BCUT2D eigenvalue weighted by atomic mass is 10.2. The van der Waals surface area contributed by atoms with Crippen LogP contribution in [0.15, 0.2) is 84.1 Å². The van der Waals surface area contributed by atoms with E-state index in [1.807, 2.05) is 24.3 Å². The minimum Gasteiger partial charge on any atom is -0.299 e. The molecule has 0 aromatic carbocycles. The number of rotatable bonds is 7. The van der Waals surface area contributed by atoms with Crippen LogP contribution in [0.5, 0.6) is 0 Å². The van der Waals surface area contributed by atoms with Gasteiger partial charge < -0.3 is 0 Å². The Morgan fingerprint density at radius 1 is 1.04 bits per heavy atom. The third-order valence-corrected chi connectivity index (χ3v) is 3.67. The van der Waals surface area contributed by atoms with Gasteiger partial charge in [0.15, 0.2) is 0 Å². The summed E-state index contributed by atoms with van der Waals surface area (Å²) in [6, 6.07) is 9.17. The molecular weight excluding hydrogens is 332 g/mol. The maximum Gasteiger partial charge on any atom is 0.125 e. The zero-order valence-corrected chi connectivity index (χ0v) is 14.2. The SMILES string of the molecule is C=CN=C(C=C)C(=N)/C=C\C(=N)Sc1ccc(-c2ccccn2)nn1. The summed E-state index contributed by atoms with van der Waals surface area (Å²) < 4.78 is 0. The molecule has 0 aliphatic rings. The van der Waals surface area contributed by atoms with E-state index in [2.05, 4.69) is 33.3 Å². The smallest absolute Gasteiger partial charge is 0.125 e. The number of thioether (sulfide) groups is 1. The molecule has 0 atom stereocenters. The molecular formula is C18H16N6S. The van der Waals surface area contributed by atoms with Gasteiger partial charge in [-0.15, -0.1) is 10.2 Å². The van der Waals surface area contributed by atoms with Gasteiger partial charge in [0.2, 0.25) is 0 Å². The highest BCUT2D eigenvalue weighted by Crippen LogP contribution is 2.19. The van der Waals surface area contributed by atoms with Crippen LogP contribution in [0.4, 0.5) is 0 Å². The Balaban J connectivity index is 2.00. The predicted molar refractivity (Wildman–Crippen MR) is 104 cm³/mol. The Labute approximate surface area is 150 Å². The van der Waals surface area contributed by atoms with Crippen molar-refractivity contribution in [2.24, 2.45) is 4.99 Å². The summed E-state index contributed by atoms with van der Waals surface area (Å²) >= 11 is 1.14. The average Bonchev–Trinajstić information content (AvgIpc) is 2.65. The molecule has 0 fully saturated rings. The topological polar surface area (TPSA) is 98.7 Å². The van der Waals surface area contributed by atoms with Crippen LogP contribution in [0.1, 0.15) is 0 Å². The summed E-state index contributed by atoms with van der Waals surface area (Å²) in [4.78, 5) is 8.14. The summed E-state index contributed by atoms with van der Waals surface area (Å²) in [7, 11) is 0. The molecule has 2 rings (SSSR count). The van der Waals surface area contributed by atoms with Crippen molar-refractivity contribution in [3.05, 3.63) is 74.1 Å². The van der Waals surface area contributed by atoms with E-state index in [1.54, 1.807) is 12.3 Å². The van der Waals surface area contributed by atoms with Gasteiger partial charge in [0.25, 0.3) is 0 Å². The van der Waals surface area contributed by atoms with E-state index in [4.69, 9.17) is 10.8 Å².